The van der Waals surface area contributed by atoms with Gasteiger partial charge in [0.2, 0.25) is 10.0 Å². The van der Waals surface area contributed by atoms with Gasteiger partial charge in [-0.25, -0.2) is 13.6 Å². The van der Waals surface area contributed by atoms with Crippen LogP contribution in [0, 0.1) is 0 Å². The van der Waals surface area contributed by atoms with E-state index in [0.717, 1.165) is 0 Å². The molecule has 0 saturated carbocycles. The summed E-state index contributed by atoms with van der Waals surface area (Å²) < 4.78 is 22.6. The summed E-state index contributed by atoms with van der Waals surface area (Å²) in [6.45, 7) is 0. The minimum absolute atomic E-state index is 0.201. The summed E-state index contributed by atoms with van der Waals surface area (Å²) in [7, 11) is -1.72. The molecule has 11 heavy (non-hydrogen) atoms. The van der Waals surface area contributed by atoms with Gasteiger partial charge >= 0.3 is 0 Å². The van der Waals surface area contributed by atoms with Crippen molar-refractivity contribution in [2.45, 2.75) is 5.75 Å². The monoisotopic (exact) mass is 175 g/mol. The Morgan fingerprint density at radius 3 is 2.73 bits per heavy atom. The van der Waals surface area contributed by atoms with Gasteiger partial charge in [0, 0.05) is 13.2 Å². The first-order valence-electron chi connectivity index (χ1n) is 2.96. The summed E-state index contributed by atoms with van der Waals surface area (Å²) in [6.07, 6.45) is 1.67. The predicted octanol–water partition coefficient (Wildman–Crippen LogP) is -0.791. The molecule has 1 aromatic heterocycles. The second-order valence-electron chi connectivity index (χ2n) is 2.29. The summed E-state index contributed by atoms with van der Waals surface area (Å²) in [5.41, 5.74) is 0.468. The molecule has 0 aliphatic rings. The second-order valence-corrected chi connectivity index (χ2v) is 3.90. The zero-order valence-corrected chi connectivity index (χ0v) is 6.87. The van der Waals surface area contributed by atoms with Gasteiger partial charge in [0.15, 0.2) is 0 Å². The maximum Gasteiger partial charge on any atom is 0.214 e. The number of nitrogens with two attached hydrogens (primary N) is 1. The van der Waals surface area contributed by atoms with Gasteiger partial charge in [-0.05, 0) is 6.07 Å². The fourth-order valence-corrected chi connectivity index (χ4v) is 1.31. The quantitative estimate of drug-likeness (QED) is 0.639. The Morgan fingerprint density at radius 2 is 2.36 bits per heavy atom. The smallest absolute Gasteiger partial charge is 0.214 e. The third-order valence-electron chi connectivity index (χ3n) is 1.12. The average Bonchev–Trinajstić information content (AvgIpc) is 2.10. The molecular weight excluding hydrogens is 166 g/mol. The van der Waals surface area contributed by atoms with E-state index >= 15 is 0 Å². The summed E-state index contributed by atoms with van der Waals surface area (Å²) in [4.78, 5) is 0. The molecule has 0 amide bonds. The summed E-state index contributed by atoms with van der Waals surface area (Å²) in [6, 6.07) is 1.62. The van der Waals surface area contributed by atoms with Crippen LogP contribution in [0.2, 0.25) is 0 Å². The van der Waals surface area contributed by atoms with Crippen LogP contribution in [0.4, 0.5) is 0 Å². The molecule has 0 saturated heterocycles. The van der Waals surface area contributed by atoms with Crippen LogP contribution in [-0.4, -0.2) is 18.2 Å². The van der Waals surface area contributed by atoms with Crippen LogP contribution in [0.1, 0.15) is 5.69 Å². The van der Waals surface area contributed by atoms with Gasteiger partial charge in [-0.3, -0.25) is 4.68 Å². The molecule has 0 atom stereocenters. The molecule has 1 rings (SSSR count). The van der Waals surface area contributed by atoms with Crippen molar-refractivity contribution in [1.82, 2.24) is 9.78 Å². The standard InChI is InChI=1S/C5H9N3O2S/c1-8-3-2-5(7-8)4-11(6,9)10/h2-3H,4H2,1H3,(H2,6,9,10). The van der Waals surface area contributed by atoms with Crippen molar-refractivity contribution >= 4 is 10.0 Å². The van der Waals surface area contributed by atoms with E-state index in [4.69, 9.17) is 5.14 Å². The molecule has 0 aromatic carbocycles. The topological polar surface area (TPSA) is 78.0 Å². The molecule has 6 heteroatoms. The number of hydrogen-bond donors (Lipinski definition) is 1. The third-order valence-corrected chi connectivity index (χ3v) is 1.82. The largest absolute Gasteiger partial charge is 0.276 e. The number of sulfonamides is 1. The van der Waals surface area contributed by atoms with Crippen molar-refractivity contribution in [3.8, 4) is 0 Å². The molecule has 0 fully saturated rings. The van der Waals surface area contributed by atoms with Gasteiger partial charge < -0.3 is 0 Å². The van der Waals surface area contributed by atoms with E-state index in [1.165, 1.54) is 4.68 Å². The molecule has 1 aromatic rings. The highest BCUT2D eigenvalue weighted by Crippen LogP contribution is 1.97. The molecule has 1 heterocycles. The van der Waals surface area contributed by atoms with Crippen LogP contribution in [-0.2, 0) is 22.8 Å². The zero-order chi connectivity index (χ0) is 8.48. The Morgan fingerprint density at radius 1 is 1.73 bits per heavy atom. The number of aromatic nitrogens is 2. The Labute approximate surface area is 64.9 Å². The molecule has 62 valence electrons. The van der Waals surface area contributed by atoms with Crippen LogP contribution in [0.15, 0.2) is 12.3 Å². The van der Waals surface area contributed by atoms with E-state index in [0.29, 0.717) is 5.69 Å². The van der Waals surface area contributed by atoms with E-state index in [1.54, 1.807) is 19.3 Å². The Hall–Kier alpha value is -0.880. The molecular formula is C5H9N3O2S. The van der Waals surface area contributed by atoms with Crippen LogP contribution < -0.4 is 5.14 Å². The molecule has 0 radical (unpaired) electrons. The fraction of sp³-hybridized carbons (Fsp3) is 0.400. The summed E-state index contributed by atoms with van der Waals surface area (Å²) in [5.74, 6) is -0.201. The molecule has 0 aliphatic heterocycles. The number of rotatable bonds is 2. The first-order valence-corrected chi connectivity index (χ1v) is 4.68. The molecule has 5 nitrogen and oxygen atoms in total. The predicted molar refractivity (Wildman–Crippen MR) is 40.0 cm³/mol. The first-order chi connectivity index (χ1) is 4.97. The maximum atomic E-state index is 10.5. The van der Waals surface area contributed by atoms with Crippen molar-refractivity contribution in [2.75, 3.05) is 0 Å². The number of aryl methyl sites for hydroxylation is 1. The van der Waals surface area contributed by atoms with Crippen molar-refractivity contribution in [1.29, 1.82) is 0 Å². The third kappa shape index (κ3) is 2.69. The van der Waals surface area contributed by atoms with Gasteiger partial charge in [-0.1, -0.05) is 0 Å². The molecule has 0 unspecified atom stereocenters. The summed E-state index contributed by atoms with van der Waals surface area (Å²) in [5, 5.41) is 8.65. The Kier molecular flexibility index (Phi) is 1.97. The SMILES string of the molecule is Cn1ccc(CS(N)(=O)=O)n1. The molecule has 0 bridgehead atoms. The lowest BCUT2D eigenvalue weighted by Crippen LogP contribution is -2.14. The van der Waals surface area contributed by atoms with Crippen molar-refractivity contribution in [3.05, 3.63) is 18.0 Å². The van der Waals surface area contributed by atoms with Gasteiger partial charge in [0.05, 0.1) is 5.69 Å². The molecule has 0 spiro atoms. The second kappa shape index (κ2) is 2.63. The highest BCUT2D eigenvalue weighted by Gasteiger charge is 2.06. The lowest BCUT2D eigenvalue weighted by molar-refractivity contribution is 0.595. The van der Waals surface area contributed by atoms with Crippen LogP contribution in [0.25, 0.3) is 0 Å². The number of primary sulfonamides is 1. The Balaban J connectivity index is 2.81. The van der Waals surface area contributed by atoms with E-state index in [1.807, 2.05) is 0 Å². The van der Waals surface area contributed by atoms with Crippen LogP contribution in [0.3, 0.4) is 0 Å². The van der Waals surface area contributed by atoms with E-state index in [9.17, 15) is 8.42 Å². The number of nitrogens with zero attached hydrogens (tertiary/aromatic N) is 2. The van der Waals surface area contributed by atoms with E-state index in [2.05, 4.69) is 5.10 Å². The van der Waals surface area contributed by atoms with Gasteiger partial charge in [0.25, 0.3) is 0 Å². The Bertz CT molecular complexity index is 340. The van der Waals surface area contributed by atoms with Crippen LogP contribution in [0.5, 0.6) is 0 Å². The lowest BCUT2D eigenvalue weighted by Gasteiger charge is -1.91. The minimum Gasteiger partial charge on any atom is -0.276 e. The fourth-order valence-electron chi connectivity index (χ4n) is 0.746. The van der Waals surface area contributed by atoms with Gasteiger partial charge in [-0.15, -0.1) is 0 Å². The van der Waals surface area contributed by atoms with Crippen molar-refractivity contribution in [2.24, 2.45) is 12.2 Å². The van der Waals surface area contributed by atoms with Crippen molar-refractivity contribution in [3.63, 3.8) is 0 Å². The van der Waals surface area contributed by atoms with Crippen LogP contribution >= 0.6 is 0 Å². The van der Waals surface area contributed by atoms with Crippen molar-refractivity contribution < 1.29 is 8.42 Å². The zero-order valence-electron chi connectivity index (χ0n) is 6.06. The highest BCUT2D eigenvalue weighted by molar-refractivity contribution is 7.88. The average molecular weight is 175 g/mol. The highest BCUT2D eigenvalue weighted by atomic mass is 32.2. The molecule has 2 N–H and O–H groups in total. The van der Waals surface area contributed by atoms with Gasteiger partial charge in [0.1, 0.15) is 5.75 Å². The minimum atomic E-state index is -3.44. The maximum absolute atomic E-state index is 10.5. The normalized spacial score (nSPS) is 11.8. The van der Waals surface area contributed by atoms with E-state index < -0.39 is 10.0 Å². The van der Waals surface area contributed by atoms with Gasteiger partial charge in [-0.2, -0.15) is 5.10 Å². The summed E-state index contributed by atoms with van der Waals surface area (Å²) >= 11 is 0. The first kappa shape index (κ1) is 8.22. The molecule has 0 aliphatic carbocycles. The lowest BCUT2D eigenvalue weighted by atomic mass is 10.5. The number of hydrogen-bond acceptors (Lipinski definition) is 3. The van der Waals surface area contributed by atoms with E-state index in [-0.39, 0.29) is 5.75 Å².